The Bertz CT molecular complexity index is 448. The van der Waals surface area contributed by atoms with Gasteiger partial charge in [0.2, 0.25) is 0 Å². The van der Waals surface area contributed by atoms with Crippen LogP contribution in [0, 0.1) is 5.92 Å². The summed E-state index contributed by atoms with van der Waals surface area (Å²) in [6, 6.07) is 3.74. The lowest BCUT2D eigenvalue weighted by Gasteiger charge is -2.12. The van der Waals surface area contributed by atoms with Crippen LogP contribution in [0.4, 0.5) is 0 Å². The van der Waals surface area contributed by atoms with Gasteiger partial charge in [0.1, 0.15) is 0 Å². The van der Waals surface area contributed by atoms with Gasteiger partial charge in [-0.25, -0.2) is 0 Å². The van der Waals surface area contributed by atoms with Gasteiger partial charge in [0, 0.05) is 18.3 Å². The van der Waals surface area contributed by atoms with Crippen LogP contribution in [0.25, 0.3) is 0 Å². The molecule has 0 saturated carbocycles. The van der Waals surface area contributed by atoms with Crippen molar-refractivity contribution in [3.63, 3.8) is 0 Å². The number of nitrogens with zero attached hydrogens (tertiary/aromatic N) is 1. The number of hydrogen-bond donors (Lipinski definition) is 1. The summed E-state index contributed by atoms with van der Waals surface area (Å²) < 4.78 is 1.99. The zero-order valence-electron chi connectivity index (χ0n) is 11.5. The number of rotatable bonds is 6. The summed E-state index contributed by atoms with van der Waals surface area (Å²) in [7, 11) is 0. The minimum atomic E-state index is 0.166. The van der Waals surface area contributed by atoms with Gasteiger partial charge in [-0.15, -0.1) is 0 Å². The minimum absolute atomic E-state index is 0.166. The normalized spacial score (nSPS) is 14.2. The quantitative estimate of drug-likeness (QED) is 0.781. The molecule has 2 rings (SSSR count). The van der Waals surface area contributed by atoms with Crippen molar-refractivity contribution < 1.29 is 0 Å². The Morgan fingerprint density at radius 3 is 2.94 bits per heavy atom. The summed E-state index contributed by atoms with van der Waals surface area (Å²) in [6.45, 7) is 7.33. The molecule has 1 aromatic heterocycles. The molecule has 0 saturated heterocycles. The Kier molecular flexibility index (Phi) is 4.59. The Hall–Kier alpha value is -1.09. The van der Waals surface area contributed by atoms with E-state index in [0.29, 0.717) is 5.92 Å². The van der Waals surface area contributed by atoms with Crippen molar-refractivity contribution >= 4 is 0 Å². The van der Waals surface area contributed by atoms with Crippen molar-refractivity contribution in [2.45, 2.75) is 46.1 Å². The predicted molar refractivity (Wildman–Crippen MR) is 75.1 cm³/mol. The van der Waals surface area contributed by atoms with Gasteiger partial charge in [0.25, 0.3) is 5.56 Å². The van der Waals surface area contributed by atoms with Gasteiger partial charge < -0.3 is 9.88 Å². The van der Waals surface area contributed by atoms with Gasteiger partial charge in [-0.05, 0) is 50.3 Å². The van der Waals surface area contributed by atoms with E-state index in [0.717, 1.165) is 38.9 Å². The Morgan fingerprint density at radius 2 is 2.17 bits per heavy atom. The summed E-state index contributed by atoms with van der Waals surface area (Å²) in [4.78, 5) is 11.9. The van der Waals surface area contributed by atoms with Gasteiger partial charge in [-0.1, -0.05) is 19.9 Å². The first-order valence-corrected chi connectivity index (χ1v) is 7.11. The average Bonchev–Trinajstić information content (AvgIpc) is 2.79. The monoisotopic (exact) mass is 248 g/mol. The molecule has 0 amide bonds. The van der Waals surface area contributed by atoms with Crippen LogP contribution in [0.1, 0.15) is 37.9 Å². The minimum Gasteiger partial charge on any atom is -0.316 e. The summed E-state index contributed by atoms with van der Waals surface area (Å²) in [5.41, 5.74) is 2.83. The molecule has 0 bridgehead atoms. The van der Waals surface area contributed by atoms with E-state index in [1.54, 1.807) is 6.07 Å². The lowest BCUT2D eigenvalue weighted by molar-refractivity contribution is 0.513. The van der Waals surface area contributed by atoms with E-state index < -0.39 is 0 Å². The fourth-order valence-corrected chi connectivity index (χ4v) is 2.63. The van der Waals surface area contributed by atoms with Crippen molar-refractivity contribution in [2.75, 3.05) is 13.1 Å². The number of pyridine rings is 1. The molecule has 0 fully saturated rings. The van der Waals surface area contributed by atoms with E-state index in [2.05, 4.69) is 19.2 Å². The van der Waals surface area contributed by atoms with Crippen molar-refractivity contribution in [1.82, 2.24) is 9.88 Å². The predicted octanol–water partition coefficient (Wildman–Crippen LogP) is 1.97. The third-order valence-corrected chi connectivity index (χ3v) is 3.54. The van der Waals surface area contributed by atoms with Crippen molar-refractivity contribution in [3.05, 3.63) is 33.7 Å². The number of hydrogen-bond acceptors (Lipinski definition) is 2. The maximum atomic E-state index is 11.9. The van der Waals surface area contributed by atoms with Gasteiger partial charge in [-0.3, -0.25) is 4.79 Å². The molecule has 1 aliphatic rings. The first-order valence-electron chi connectivity index (χ1n) is 7.11. The third kappa shape index (κ3) is 3.22. The maximum absolute atomic E-state index is 11.9. The lowest BCUT2D eigenvalue weighted by Crippen LogP contribution is -2.26. The van der Waals surface area contributed by atoms with Crippen molar-refractivity contribution in [3.8, 4) is 0 Å². The standard InChI is InChI=1S/C15H24N2O/c1-12(2)11-16-9-4-10-17-14-6-3-5-13(14)7-8-15(17)18/h7-8,12,16H,3-6,9-11H2,1-2H3. The van der Waals surface area contributed by atoms with Crippen molar-refractivity contribution in [2.24, 2.45) is 5.92 Å². The average molecular weight is 248 g/mol. The highest BCUT2D eigenvalue weighted by atomic mass is 16.1. The number of aryl methyl sites for hydroxylation is 1. The van der Waals surface area contributed by atoms with Gasteiger partial charge in [-0.2, -0.15) is 0 Å². The second-order valence-corrected chi connectivity index (χ2v) is 5.60. The molecule has 0 aliphatic heterocycles. The highest BCUT2D eigenvalue weighted by Crippen LogP contribution is 2.19. The molecular formula is C15H24N2O. The summed E-state index contributed by atoms with van der Waals surface area (Å²) in [6.07, 6.45) is 4.44. The topological polar surface area (TPSA) is 34.0 Å². The molecule has 0 spiro atoms. The fraction of sp³-hybridized carbons (Fsp3) is 0.667. The van der Waals surface area contributed by atoms with E-state index in [9.17, 15) is 4.79 Å². The van der Waals surface area contributed by atoms with Crippen LogP contribution >= 0.6 is 0 Å². The number of nitrogens with one attached hydrogen (secondary N) is 1. The largest absolute Gasteiger partial charge is 0.316 e. The van der Waals surface area contributed by atoms with Crippen molar-refractivity contribution in [1.29, 1.82) is 0 Å². The molecule has 3 heteroatoms. The smallest absolute Gasteiger partial charge is 0.250 e. The Morgan fingerprint density at radius 1 is 1.33 bits per heavy atom. The highest BCUT2D eigenvalue weighted by molar-refractivity contribution is 5.25. The van der Waals surface area contributed by atoms with E-state index >= 15 is 0 Å². The molecule has 1 aromatic rings. The number of fused-ring (bicyclic) bond motifs is 1. The maximum Gasteiger partial charge on any atom is 0.250 e. The first-order chi connectivity index (χ1) is 8.68. The summed E-state index contributed by atoms with van der Waals surface area (Å²) >= 11 is 0. The van der Waals surface area contributed by atoms with E-state index in [-0.39, 0.29) is 5.56 Å². The van der Waals surface area contributed by atoms with Crippen LogP contribution in [0.2, 0.25) is 0 Å². The van der Waals surface area contributed by atoms with Crippen LogP contribution in [0.15, 0.2) is 16.9 Å². The van der Waals surface area contributed by atoms with Crippen LogP contribution < -0.4 is 10.9 Å². The molecule has 1 aliphatic carbocycles. The zero-order chi connectivity index (χ0) is 13.0. The fourth-order valence-electron chi connectivity index (χ4n) is 2.63. The molecule has 0 radical (unpaired) electrons. The van der Waals surface area contributed by atoms with E-state index in [1.165, 1.54) is 17.7 Å². The van der Waals surface area contributed by atoms with Gasteiger partial charge in [0.15, 0.2) is 0 Å². The molecule has 3 nitrogen and oxygen atoms in total. The van der Waals surface area contributed by atoms with Gasteiger partial charge >= 0.3 is 0 Å². The molecule has 1 N–H and O–H groups in total. The second kappa shape index (κ2) is 6.19. The highest BCUT2D eigenvalue weighted by Gasteiger charge is 2.15. The summed E-state index contributed by atoms with van der Waals surface area (Å²) in [5, 5.41) is 3.43. The summed E-state index contributed by atoms with van der Waals surface area (Å²) in [5.74, 6) is 0.689. The van der Waals surface area contributed by atoms with E-state index in [1.807, 2.05) is 10.6 Å². The number of aromatic nitrogens is 1. The van der Waals surface area contributed by atoms with Crippen LogP contribution in [0.5, 0.6) is 0 Å². The molecule has 100 valence electrons. The van der Waals surface area contributed by atoms with Crippen LogP contribution in [-0.2, 0) is 19.4 Å². The van der Waals surface area contributed by atoms with E-state index in [4.69, 9.17) is 0 Å². The zero-order valence-corrected chi connectivity index (χ0v) is 11.5. The molecule has 18 heavy (non-hydrogen) atoms. The van der Waals surface area contributed by atoms with Crippen LogP contribution in [0.3, 0.4) is 0 Å². The van der Waals surface area contributed by atoms with Gasteiger partial charge in [0.05, 0.1) is 0 Å². The SMILES string of the molecule is CC(C)CNCCCn1c2c(ccc1=O)CCC2. The Balaban J connectivity index is 1.90. The first kappa shape index (κ1) is 13.3. The molecule has 0 aromatic carbocycles. The molecule has 0 atom stereocenters. The second-order valence-electron chi connectivity index (χ2n) is 5.60. The molecule has 0 unspecified atom stereocenters. The molecular weight excluding hydrogens is 224 g/mol. The van der Waals surface area contributed by atoms with Crippen LogP contribution in [-0.4, -0.2) is 17.7 Å². The lowest BCUT2D eigenvalue weighted by atomic mass is 10.2. The Labute approximate surface area is 109 Å². The third-order valence-electron chi connectivity index (χ3n) is 3.54. The molecule has 1 heterocycles.